The number of fused-ring (bicyclic) bond motifs is 1. The second-order valence-electron chi connectivity index (χ2n) is 4.56. The minimum atomic E-state index is -3.44. The molecular formula is C13H15N3O3S. The molecule has 0 radical (unpaired) electrons. The number of sulfone groups is 1. The number of nitrogens with two attached hydrogens (primary N) is 1. The van der Waals surface area contributed by atoms with Crippen molar-refractivity contribution in [1.82, 2.24) is 4.98 Å². The van der Waals surface area contributed by atoms with Gasteiger partial charge < -0.3 is 11.1 Å². The third kappa shape index (κ3) is 2.72. The van der Waals surface area contributed by atoms with Crippen LogP contribution in [0.4, 0.5) is 11.4 Å². The summed E-state index contributed by atoms with van der Waals surface area (Å²) in [6.07, 6.45) is 2.63. The summed E-state index contributed by atoms with van der Waals surface area (Å²) in [6, 6.07) is 6.74. The first-order chi connectivity index (χ1) is 9.30. The standard InChI is InChI=1S/C13H15N3O3S/c1-8(20(2,18)19)13(17)16-11-6-5-10(14)12-9(11)4-3-7-15-12/h3-8H,14H2,1-2H3,(H,16,17). The molecule has 0 saturated heterocycles. The summed E-state index contributed by atoms with van der Waals surface area (Å²) < 4.78 is 22.8. The van der Waals surface area contributed by atoms with Gasteiger partial charge in [0.15, 0.2) is 9.84 Å². The van der Waals surface area contributed by atoms with Crippen LogP contribution in [0.5, 0.6) is 0 Å². The Balaban J connectivity index is 2.41. The maximum atomic E-state index is 11.9. The quantitative estimate of drug-likeness (QED) is 0.827. The smallest absolute Gasteiger partial charge is 0.242 e. The van der Waals surface area contributed by atoms with Crippen molar-refractivity contribution >= 4 is 38.0 Å². The monoisotopic (exact) mass is 293 g/mol. The number of pyridine rings is 1. The maximum Gasteiger partial charge on any atom is 0.242 e. The van der Waals surface area contributed by atoms with Crippen LogP contribution in [0.2, 0.25) is 0 Å². The average molecular weight is 293 g/mol. The molecule has 2 aromatic rings. The lowest BCUT2D eigenvalue weighted by Gasteiger charge is -2.13. The van der Waals surface area contributed by atoms with E-state index in [9.17, 15) is 13.2 Å². The Hall–Kier alpha value is -2.15. The number of rotatable bonds is 3. The molecule has 0 spiro atoms. The fourth-order valence-corrected chi connectivity index (χ4v) is 2.18. The van der Waals surface area contributed by atoms with E-state index in [1.54, 1.807) is 30.5 Å². The molecule has 0 saturated carbocycles. The van der Waals surface area contributed by atoms with Crippen LogP contribution in [0.25, 0.3) is 10.9 Å². The Morgan fingerprint density at radius 2 is 2.05 bits per heavy atom. The molecule has 1 amide bonds. The second-order valence-corrected chi connectivity index (χ2v) is 6.93. The molecular weight excluding hydrogens is 278 g/mol. The zero-order valence-corrected chi connectivity index (χ0v) is 11.9. The number of nitrogens with one attached hydrogen (secondary N) is 1. The molecule has 3 N–H and O–H groups in total. The van der Waals surface area contributed by atoms with E-state index in [2.05, 4.69) is 10.3 Å². The summed E-state index contributed by atoms with van der Waals surface area (Å²) in [5, 5.41) is 2.15. The number of carbonyl (C=O) groups is 1. The first kappa shape index (κ1) is 14.3. The highest BCUT2D eigenvalue weighted by molar-refractivity contribution is 7.92. The van der Waals surface area contributed by atoms with Gasteiger partial charge in [0.25, 0.3) is 0 Å². The van der Waals surface area contributed by atoms with Crippen LogP contribution in [-0.2, 0) is 14.6 Å². The van der Waals surface area contributed by atoms with Crippen LogP contribution in [-0.4, -0.2) is 30.8 Å². The zero-order valence-electron chi connectivity index (χ0n) is 11.1. The Kier molecular flexibility index (Phi) is 3.63. The highest BCUT2D eigenvalue weighted by Crippen LogP contribution is 2.26. The third-order valence-electron chi connectivity index (χ3n) is 3.07. The van der Waals surface area contributed by atoms with Crippen molar-refractivity contribution in [2.75, 3.05) is 17.3 Å². The number of amides is 1. The van der Waals surface area contributed by atoms with Crippen molar-refractivity contribution in [2.45, 2.75) is 12.2 Å². The topological polar surface area (TPSA) is 102 Å². The van der Waals surface area contributed by atoms with E-state index in [4.69, 9.17) is 5.73 Å². The number of hydrogen-bond acceptors (Lipinski definition) is 5. The number of carbonyl (C=O) groups excluding carboxylic acids is 1. The van der Waals surface area contributed by atoms with Crippen LogP contribution in [0.3, 0.4) is 0 Å². The molecule has 6 nitrogen and oxygen atoms in total. The van der Waals surface area contributed by atoms with Crippen molar-refractivity contribution in [1.29, 1.82) is 0 Å². The second kappa shape index (κ2) is 5.09. The summed E-state index contributed by atoms with van der Waals surface area (Å²) in [6.45, 7) is 1.35. The first-order valence-electron chi connectivity index (χ1n) is 5.93. The summed E-state index contributed by atoms with van der Waals surface area (Å²) in [7, 11) is -3.44. The molecule has 0 aliphatic heterocycles. The number of benzene rings is 1. The fourth-order valence-electron chi connectivity index (χ4n) is 1.73. The minimum Gasteiger partial charge on any atom is -0.397 e. The van der Waals surface area contributed by atoms with E-state index in [-0.39, 0.29) is 0 Å². The van der Waals surface area contributed by atoms with Crippen molar-refractivity contribution in [3.05, 3.63) is 30.5 Å². The predicted molar refractivity (Wildman–Crippen MR) is 79.1 cm³/mol. The molecule has 0 bridgehead atoms. The van der Waals surface area contributed by atoms with E-state index < -0.39 is 21.0 Å². The van der Waals surface area contributed by atoms with Crippen molar-refractivity contribution in [3.8, 4) is 0 Å². The molecule has 2 rings (SSSR count). The maximum absolute atomic E-state index is 11.9. The largest absolute Gasteiger partial charge is 0.397 e. The third-order valence-corrected chi connectivity index (χ3v) is 4.57. The van der Waals surface area contributed by atoms with E-state index in [0.29, 0.717) is 22.3 Å². The van der Waals surface area contributed by atoms with Gasteiger partial charge in [-0.15, -0.1) is 0 Å². The highest BCUT2D eigenvalue weighted by atomic mass is 32.2. The molecule has 1 aromatic heterocycles. The Bertz CT molecular complexity index is 772. The van der Waals surface area contributed by atoms with Gasteiger partial charge in [-0.3, -0.25) is 9.78 Å². The molecule has 20 heavy (non-hydrogen) atoms. The highest BCUT2D eigenvalue weighted by Gasteiger charge is 2.24. The molecule has 7 heteroatoms. The van der Waals surface area contributed by atoms with Gasteiger partial charge in [0.1, 0.15) is 5.25 Å². The lowest BCUT2D eigenvalue weighted by atomic mass is 10.1. The minimum absolute atomic E-state index is 0.489. The van der Waals surface area contributed by atoms with E-state index >= 15 is 0 Å². The SMILES string of the molecule is CC(C(=O)Nc1ccc(N)c2ncccc12)S(C)(=O)=O. The van der Waals surface area contributed by atoms with Crippen molar-refractivity contribution in [3.63, 3.8) is 0 Å². The molecule has 0 aliphatic rings. The Labute approximate surface area is 116 Å². The van der Waals surface area contributed by atoms with Gasteiger partial charge in [-0.05, 0) is 31.2 Å². The lowest BCUT2D eigenvalue weighted by molar-refractivity contribution is -0.115. The van der Waals surface area contributed by atoms with Crippen LogP contribution in [0.15, 0.2) is 30.5 Å². The predicted octanol–water partition coefficient (Wildman–Crippen LogP) is 1.19. The first-order valence-corrected chi connectivity index (χ1v) is 7.89. The summed E-state index contributed by atoms with van der Waals surface area (Å²) >= 11 is 0. The van der Waals surface area contributed by atoms with E-state index in [0.717, 1.165) is 6.26 Å². The van der Waals surface area contributed by atoms with Crippen LogP contribution in [0, 0.1) is 0 Å². The van der Waals surface area contributed by atoms with Crippen LogP contribution >= 0.6 is 0 Å². The molecule has 1 heterocycles. The summed E-state index contributed by atoms with van der Waals surface area (Å²) in [4.78, 5) is 16.1. The average Bonchev–Trinajstić information content (AvgIpc) is 2.40. The number of aromatic nitrogens is 1. The Morgan fingerprint density at radius 3 is 2.70 bits per heavy atom. The fraction of sp³-hybridized carbons (Fsp3) is 0.231. The summed E-state index contributed by atoms with van der Waals surface area (Å²) in [5.74, 6) is -0.581. The van der Waals surface area contributed by atoms with Gasteiger partial charge in [0, 0.05) is 17.8 Å². The van der Waals surface area contributed by atoms with Gasteiger partial charge in [0.05, 0.1) is 16.9 Å². The molecule has 1 unspecified atom stereocenters. The number of anilines is 2. The van der Waals surface area contributed by atoms with Crippen molar-refractivity contribution in [2.24, 2.45) is 0 Å². The van der Waals surface area contributed by atoms with Gasteiger partial charge in [-0.25, -0.2) is 8.42 Å². The van der Waals surface area contributed by atoms with Crippen molar-refractivity contribution < 1.29 is 13.2 Å². The molecule has 0 fully saturated rings. The molecule has 1 atom stereocenters. The normalized spacial score (nSPS) is 13.1. The molecule has 106 valence electrons. The molecule has 0 aliphatic carbocycles. The van der Waals surface area contributed by atoms with Gasteiger partial charge in [-0.1, -0.05) is 0 Å². The van der Waals surface area contributed by atoms with Crippen LogP contribution < -0.4 is 11.1 Å². The van der Waals surface area contributed by atoms with Gasteiger partial charge in [0.2, 0.25) is 5.91 Å². The number of hydrogen-bond donors (Lipinski definition) is 2. The molecule has 1 aromatic carbocycles. The number of nitrogens with zero attached hydrogens (tertiary/aromatic N) is 1. The summed E-state index contributed by atoms with van der Waals surface area (Å²) in [5.41, 5.74) is 7.36. The van der Waals surface area contributed by atoms with Gasteiger partial charge in [-0.2, -0.15) is 0 Å². The number of nitrogen functional groups attached to an aromatic ring is 1. The van der Waals surface area contributed by atoms with Gasteiger partial charge >= 0.3 is 0 Å². The van der Waals surface area contributed by atoms with E-state index in [1.165, 1.54) is 6.92 Å². The Morgan fingerprint density at radius 1 is 1.35 bits per heavy atom. The zero-order chi connectivity index (χ0) is 14.9. The van der Waals surface area contributed by atoms with E-state index in [1.807, 2.05) is 0 Å². The van der Waals surface area contributed by atoms with Crippen LogP contribution in [0.1, 0.15) is 6.92 Å². The lowest BCUT2D eigenvalue weighted by Crippen LogP contribution is -2.31.